The van der Waals surface area contributed by atoms with E-state index in [0.29, 0.717) is 24.0 Å². The summed E-state index contributed by atoms with van der Waals surface area (Å²) in [6.45, 7) is 5.66. The van der Waals surface area contributed by atoms with Crippen molar-refractivity contribution in [1.82, 2.24) is 20.0 Å². The SMILES string of the molecule is CN=C(NCCS(=O)Cc1ccccc1)N(C)Cc1cn(C)nc1C(C)C.I. The van der Waals surface area contributed by atoms with Gasteiger partial charge in [-0.3, -0.25) is 13.9 Å². The molecule has 2 aromatic rings. The lowest BCUT2D eigenvalue weighted by Crippen LogP contribution is -2.40. The molecule has 28 heavy (non-hydrogen) atoms. The molecule has 0 aliphatic carbocycles. The number of rotatable bonds is 8. The van der Waals surface area contributed by atoms with E-state index in [9.17, 15) is 4.21 Å². The second kappa shape index (κ2) is 12.2. The van der Waals surface area contributed by atoms with Crippen LogP contribution in [-0.2, 0) is 30.1 Å². The fourth-order valence-corrected chi connectivity index (χ4v) is 4.03. The maximum absolute atomic E-state index is 12.3. The molecular formula is C20H32IN5OS. The van der Waals surface area contributed by atoms with Crippen molar-refractivity contribution >= 4 is 40.7 Å². The largest absolute Gasteiger partial charge is 0.355 e. The number of nitrogens with one attached hydrogen (secondary N) is 1. The first-order valence-corrected chi connectivity index (χ1v) is 10.7. The van der Waals surface area contributed by atoms with Gasteiger partial charge in [-0.2, -0.15) is 5.10 Å². The smallest absolute Gasteiger partial charge is 0.193 e. The Balaban J connectivity index is 0.00000392. The summed E-state index contributed by atoms with van der Waals surface area (Å²) in [5.41, 5.74) is 3.42. The summed E-state index contributed by atoms with van der Waals surface area (Å²) in [6.07, 6.45) is 2.06. The first-order chi connectivity index (χ1) is 12.9. The zero-order chi connectivity index (χ0) is 19.8. The number of guanidine groups is 1. The topological polar surface area (TPSA) is 62.5 Å². The van der Waals surface area contributed by atoms with E-state index in [1.165, 1.54) is 5.56 Å². The number of hydrogen-bond acceptors (Lipinski definition) is 3. The maximum Gasteiger partial charge on any atom is 0.193 e. The second-order valence-corrected chi connectivity index (χ2v) is 8.55. The van der Waals surface area contributed by atoms with Gasteiger partial charge in [-0.05, 0) is 11.5 Å². The first kappa shape index (κ1) is 24.6. The van der Waals surface area contributed by atoms with Crippen LogP contribution in [0.2, 0.25) is 0 Å². The molecule has 0 bridgehead atoms. The molecule has 1 aromatic heterocycles. The molecule has 2 rings (SSSR count). The predicted molar refractivity (Wildman–Crippen MR) is 129 cm³/mol. The van der Waals surface area contributed by atoms with Crippen LogP contribution >= 0.6 is 24.0 Å². The van der Waals surface area contributed by atoms with Gasteiger partial charge in [0, 0.05) is 68.3 Å². The Labute approximate surface area is 188 Å². The van der Waals surface area contributed by atoms with Crippen LogP contribution in [0.4, 0.5) is 0 Å². The second-order valence-electron chi connectivity index (χ2n) is 6.97. The lowest BCUT2D eigenvalue weighted by Gasteiger charge is -2.22. The Morgan fingerprint density at radius 2 is 2.00 bits per heavy atom. The van der Waals surface area contributed by atoms with Crippen LogP contribution in [0.3, 0.4) is 0 Å². The van der Waals surface area contributed by atoms with E-state index in [-0.39, 0.29) is 24.0 Å². The van der Waals surface area contributed by atoms with Gasteiger partial charge in [0.2, 0.25) is 0 Å². The van der Waals surface area contributed by atoms with Crippen molar-refractivity contribution in [3.05, 3.63) is 53.3 Å². The Kier molecular flexibility index (Phi) is 10.7. The van der Waals surface area contributed by atoms with E-state index >= 15 is 0 Å². The summed E-state index contributed by atoms with van der Waals surface area (Å²) in [5.74, 6) is 2.35. The summed E-state index contributed by atoms with van der Waals surface area (Å²) in [5, 5.41) is 7.88. The molecule has 0 spiro atoms. The van der Waals surface area contributed by atoms with Gasteiger partial charge in [0.05, 0.1) is 5.69 Å². The van der Waals surface area contributed by atoms with Gasteiger partial charge in [0.1, 0.15) is 0 Å². The zero-order valence-corrected chi connectivity index (χ0v) is 20.5. The molecule has 0 fully saturated rings. The van der Waals surface area contributed by atoms with E-state index in [4.69, 9.17) is 0 Å². The highest BCUT2D eigenvalue weighted by Crippen LogP contribution is 2.18. The summed E-state index contributed by atoms with van der Waals surface area (Å²) in [7, 11) is 4.83. The lowest BCUT2D eigenvalue weighted by atomic mass is 10.1. The number of aromatic nitrogens is 2. The molecule has 1 aromatic carbocycles. The fraction of sp³-hybridized carbons (Fsp3) is 0.500. The third-order valence-electron chi connectivity index (χ3n) is 4.25. The van der Waals surface area contributed by atoms with Crippen LogP contribution < -0.4 is 5.32 Å². The van der Waals surface area contributed by atoms with Gasteiger partial charge in [-0.15, -0.1) is 24.0 Å². The Bertz CT molecular complexity index is 776. The summed E-state index contributed by atoms with van der Waals surface area (Å²) in [4.78, 5) is 6.42. The lowest BCUT2D eigenvalue weighted by molar-refractivity contribution is 0.475. The normalized spacial score (nSPS) is 12.6. The van der Waals surface area contributed by atoms with Crippen LogP contribution in [0.5, 0.6) is 0 Å². The molecule has 156 valence electrons. The average Bonchev–Trinajstić information content (AvgIpc) is 3.00. The van der Waals surface area contributed by atoms with Crippen molar-refractivity contribution in [2.75, 3.05) is 26.4 Å². The predicted octanol–water partition coefficient (Wildman–Crippen LogP) is 3.12. The molecular weight excluding hydrogens is 485 g/mol. The van der Waals surface area contributed by atoms with Gasteiger partial charge in [-0.25, -0.2) is 0 Å². The van der Waals surface area contributed by atoms with Crippen LogP contribution in [-0.4, -0.2) is 51.2 Å². The van der Waals surface area contributed by atoms with Crippen molar-refractivity contribution in [1.29, 1.82) is 0 Å². The van der Waals surface area contributed by atoms with Crippen LogP contribution in [0.15, 0.2) is 41.5 Å². The van der Waals surface area contributed by atoms with Crippen molar-refractivity contribution in [2.24, 2.45) is 12.0 Å². The number of hydrogen-bond donors (Lipinski definition) is 1. The maximum atomic E-state index is 12.3. The molecule has 0 aliphatic heterocycles. The van der Waals surface area contributed by atoms with Crippen molar-refractivity contribution in [3.8, 4) is 0 Å². The molecule has 6 nitrogen and oxygen atoms in total. The Morgan fingerprint density at radius 3 is 2.61 bits per heavy atom. The first-order valence-electron chi connectivity index (χ1n) is 9.23. The molecule has 0 saturated heterocycles. The molecule has 8 heteroatoms. The molecule has 0 amide bonds. The summed E-state index contributed by atoms with van der Waals surface area (Å²) < 4.78 is 14.1. The monoisotopic (exact) mass is 517 g/mol. The van der Waals surface area contributed by atoms with Gasteiger partial charge in [0.25, 0.3) is 0 Å². The van der Waals surface area contributed by atoms with Crippen LogP contribution in [0.1, 0.15) is 36.6 Å². The van der Waals surface area contributed by atoms with Crippen molar-refractivity contribution in [3.63, 3.8) is 0 Å². The quantitative estimate of drug-likeness (QED) is 0.332. The van der Waals surface area contributed by atoms with Gasteiger partial charge in [0.15, 0.2) is 5.96 Å². The highest BCUT2D eigenvalue weighted by molar-refractivity contribution is 14.0. The minimum Gasteiger partial charge on any atom is -0.355 e. The van der Waals surface area contributed by atoms with Gasteiger partial charge in [-0.1, -0.05) is 44.2 Å². The Morgan fingerprint density at radius 1 is 1.32 bits per heavy atom. The number of halogens is 1. The molecule has 1 atom stereocenters. The minimum absolute atomic E-state index is 0. The average molecular weight is 517 g/mol. The highest BCUT2D eigenvalue weighted by atomic mass is 127. The summed E-state index contributed by atoms with van der Waals surface area (Å²) in [6, 6.07) is 9.95. The van der Waals surface area contributed by atoms with Crippen molar-refractivity contribution in [2.45, 2.75) is 32.1 Å². The van der Waals surface area contributed by atoms with Crippen LogP contribution in [0, 0.1) is 0 Å². The fourth-order valence-electron chi connectivity index (χ4n) is 2.99. The van der Waals surface area contributed by atoms with Crippen molar-refractivity contribution < 1.29 is 4.21 Å². The molecule has 1 heterocycles. The molecule has 1 N–H and O–H groups in total. The molecule has 0 radical (unpaired) electrons. The number of aliphatic imine (C=N–C) groups is 1. The van der Waals surface area contributed by atoms with E-state index < -0.39 is 10.8 Å². The van der Waals surface area contributed by atoms with Crippen LogP contribution in [0.25, 0.3) is 0 Å². The van der Waals surface area contributed by atoms with Gasteiger partial charge >= 0.3 is 0 Å². The molecule has 0 aliphatic rings. The van der Waals surface area contributed by atoms with E-state index in [1.807, 2.05) is 49.1 Å². The number of aryl methyl sites for hydroxylation is 1. The number of nitrogens with zero attached hydrogens (tertiary/aromatic N) is 4. The zero-order valence-electron chi connectivity index (χ0n) is 17.4. The van der Waals surface area contributed by atoms with Gasteiger partial charge < -0.3 is 10.2 Å². The highest BCUT2D eigenvalue weighted by Gasteiger charge is 2.15. The minimum atomic E-state index is -0.896. The van der Waals surface area contributed by atoms with E-state index in [0.717, 1.165) is 23.8 Å². The third kappa shape index (κ3) is 7.54. The third-order valence-corrected chi connectivity index (χ3v) is 5.56. The summed E-state index contributed by atoms with van der Waals surface area (Å²) >= 11 is 0. The Hall–Kier alpha value is -1.42. The van der Waals surface area contributed by atoms with E-state index in [2.05, 4.69) is 40.4 Å². The molecule has 1 unspecified atom stereocenters. The molecule has 0 saturated carbocycles. The number of benzene rings is 1. The van der Waals surface area contributed by atoms with E-state index in [1.54, 1.807) is 7.05 Å². The standard InChI is InChI=1S/C20H31N5OS.HI/c1-16(2)19-18(14-25(5)23-19)13-24(4)20(21-3)22-11-12-27(26)15-17-9-7-6-8-10-17;/h6-10,14,16H,11-13,15H2,1-5H3,(H,21,22);1H.